The third-order valence-electron chi connectivity index (χ3n) is 5.27. The molecule has 34 heavy (non-hydrogen) atoms. The van der Waals surface area contributed by atoms with Crippen LogP contribution in [0.15, 0.2) is 36.7 Å². The molecular weight excluding hydrogens is 477 g/mol. The Labute approximate surface area is 204 Å². The molecule has 0 amide bonds. The van der Waals surface area contributed by atoms with Crippen molar-refractivity contribution in [1.82, 2.24) is 14.9 Å². The number of halogens is 2. The van der Waals surface area contributed by atoms with Crippen molar-refractivity contribution in [3.8, 4) is 11.8 Å². The van der Waals surface area contributed by atoms with E-state index in [0.717, 1.165) is 19.2 Å². The van der Waals surface area contributed by atoms with Crippen LogP contribution in [0, 0.1) is 17.7 Å². The van der Waals surface area contributed by atoms with Gasteiger partial charge in [0.25, 0.3) is 0 Å². The van der Waals surface area contributed by atoms with Crippen LogP contribution in [0.1, 0.15) is 32.8 Å². The number of nitrogens with one attached hydrogen (secondary N) is 2. The van der Waals surface area contributed by atoms with Gasteiger partial charge in [0.2, 0.25) is 10.0 Å². The summed E-state index contributed by atoms with van der Waals surface area (Å²) in [5, 5.41) is 3.61. The lowest BCUT2D eigenvalue weighted by Gasteiger charge is -2.30. The molecule has 3 rings (SSSR count). The van der Waals surface area contributed by atoms with Crippen LogP contribution in [-0.2, 0) is 10.0 Å². The zero-order valence-electron chi connectivity index (χ0n) is 19.7. The van der Waals surface area contributed by atoms with E-state index in [0.29, 0.717) is 33.7 Å². The second-order valence-corrected chi connectivity index (χ2v) is 10.7. The van der Waals surface area contributed by atoms with Crippen LogP contribution in [0.2, 0.25) is 5.02 Å². The van der Waals surface area contributed by atoms with Crippen LogP contribution in [-0.4, -0.2) is 48.7 Å². The quantitative estimate of drug-likeness (QED) is 0.441. The maximum atomic E-state index is 13.5. The lowest BCUT2D eigenvalue weighted by Crippen LogP contribution is -2.40. The Balaban J connectivity index is 2.11. The number of benzene rings is 2. The summed E-state index contributed by atoms with van der Waals surface area (Å²) in [5.41, 5.74) is 1.47. The first kappa shape index (κ1) is 25.7. The van der Waals surface area contributed by atoms with Gasteiger partial charge in [0, 0.05) is 11.1 Å². The zero-order valence-corrected chi connectivity index (χ0v) is 21.3. The molecule has 0 saturated heterocycles. The van der Waals surface area contributed by atoms with Crippen LogP contribution in [0.3, 0.4) is 0 Å². The summed E-state index contributed by atoms with van der Waals surface area (Å²) in [7, 11) is -1.58. The van der Waals surface area contributed by atoms with E-state index in [-0.39, 0.29) is 5.02 Å². The number of fused-ring (bicyclic) bond motifs is 1. The zero-order chi connectivity index (χ0) is 25.1. The highest BCUT2D eigenvalue weighted by molar-refractivity contribution is 7.92. The number of nitrogens with zero attached hydrogens (tertiary/aromatic N) is 3. The predicted molar refractivity (Wildman–Crippen MR) is 137 cm³/mol. The number of hydrogen-bond acceptors (Lipinski definition) is 6. The molecule has 0 radical (unpaired) electrons. The van der Waals surface area contributed by atoms with Crippen molar-refractivity contribution >= 4 is 49.7 Å². The number of rotatable bonds is 7. The lowest BCUT2D eigenvalue weighted by atomic mass is 10.0. The van der Waals surface area contributed by atoms with E-state index in [1.165, 1.54) is 24.5 Å². The van der Waals surface area contributed by atoms with Crippen molar-refractivity contribution in [1.29, 1.82) is 0 Å². The van der Waals surface area contributed by atoms with E-state index in [2.05, 4.69) is 43.7 Å². The van der Waals surface area contributed by atoms with Gasteiger partial charge in [0.1, 0.15) is 18.0 Å². The fourth-order valence-corrected chi connectivity index (χ4v) is 3.98. The fraction of sp³-hybridized carbons (Fsp3) is 0.333. The number of sulfonamides is 1. The second-order valence-electron chi connectivity index (χ2n) is 8.50. The fourth-order valence-electron chi connectivity index (χ4n) is 3.23. The summed E-state index contributed by atoms with van der Waals surface area (Å²) in [6.07, 6.45) is 3.45. The van der Waals surface area contributed by atoms with Gasteiger partial charge in [0.15, 0.2) is 0 Å². The molecule has 3 aromatic rings. The van der Waals surface area contributed by atoms with E-state index >= 15 is 0 Å². The molecule has 0 bridgehead atoms. The van der Waals surface area contributed by atoms with Crippen molar-refractivity contribution in [3.63, 3.8) is 0 Å². The molecule has 10 heteroatoms. The molecule has 2 aromatic carbocycles. The van der Waals surface area contributed by atoms with Gasteiger partial charge in [-0.3, -0.25) is 9.62 Å². The van der Waals surface area contributed by atoms with Crippen LogP contribution >= 0.6 is 11.6 Å². The third-order valence-corrected chi connectivity index (χ3v) is 6.15. The van der Waals surface area contributed by atoms with E-state index < -0.39 is 21.4 Å². The molecule has 1 heterocycles. The minimum absolute atomic E-state index is 0.0315. The summed E-state index contributed by atoms with van der Waals surface area (Å²) >= 11 is 5.89. The third kappa shape index (κ3) is 6.35. The van der Waals surface area contributed by atoms with Crippen molar-refractivity contribution in [2.24, 2.45) is 0 Å². The Morgan fingerprint density at radius 3 is 2.59 bits per heavy atom. The summed E-state index contributed by atoms with van der Waals surface area (Å²) < 4.78 is 40.2. The van der Waals surface area contributed by atoms with Crippen LogP contribution < -0.4 is 10.0 Å². The molecule has 0 aliphatic rings. The first-order valence-electron chi connectivity index (χ1n) is 10.6. The predicted octanol–water partition coefficient (Wildman–Crippen LogP) is 5.01. The number of anilines is 3. The molecule has 0 saturated carbocycles. The lowest BCUT2D eigenvalue weighted by molar-refractivity contribution is 0.214. The van der Waals surface area contributed by atoms with E-state index in [9.17, 15) is 12.8 Å². The summed E-state index contributed by atoms with van der Waals surface area (Å²) in [5.74, 6) is 6.26. The van der Waals surface area contributed by atoms with Crippen molar-refractivity contribution in [2.45, 2.75) is 32.7 Å². The van der Waals surface area contributed by atoms with Gasteiger partial charge in [-0.2, -0.15) is 0 Å². The molecular formula is C24H27ClFN5O2S. The van der Waals surface area contributed by atoms with Crippen molar-refractivity contribution in [3.05, 3.63) is 53.1 Å². The first-order chi connectivity index (χ1) is 15.9. The van der Waals surface area contributed by atoms with Gasteiger partial charge in [-0.1, -0.05) is 30.4 Å². The average molecular weight is 504 g/mol. The van der Waals surface area contributed by atoms with Crippen molar-refractivity contribution in [2.75, 3.05) is 29.9 Å². The molecule has 0 fully saturated rings. The normalized spacial score (nSPS) is 11.9. The number of hydrogen-bond donors (Lipinski definition) is 2. The minimum Gasteiger partial charge on any atom is -0.340 e. The smallest absolute Gasteiger partial charge is 0.229 e. The van der Waals surface area contributed by atoms with Crippen LogP contribution in [0.5, 0.6) is 0 Å². The number of aromatic nitrogens is 2. The standard InChI is InChI=1S/C24H27ClFN5O2S/c1-6-11-31(4)24(2,3)10-9-16-12-22-18(14-21(16)30-34(5,32)33)23(28-15-27-22)29-17-7-8-20(26)19(25)13-17/h7-8,12-15,30H,6,11H2,1-5H3,(H,27,28,29). The molecule has 0 spiro atoms. The topological polar surface area (TPSA) is 87.2 Å². The minimum atomic E-state index is -3.58. The monoisotopic (exact) mass is 503 g/mol. The summed E-state index contributed by atoms with van der Waals surface area (Å²) in [6, 6.07) is 7.57. The molecule has 0 aliphatic carbocycles. The molecule has 0 unspecified atom stereocenters. The first-order valence-corrected chi connectivity index (χ1v) is 12.9. The highest BCUT2D eigenvalue weighted by atomic mass is 35.5. The molecule has 2 N–H and O–H groups in total. The highest BCUT2D eigenvalue weighted by Crippen LogP contribution is 2.30. The highest BCUT2D eigenvalue weighted by Gasteiger charge is 2.20. The van der Waals surface area contributed by atoms with Crippen LogP contribution in [0.25, 0.3) is 10.9 Å². The largest absolute Gasteiger partial charge is 0.340 e. The second kappa shape index (κ2) is 10.1. The van der Waals surface area contributed by atoms with E-state index in [1.54, 1.807) is 12.1 Å². The maximum Gasteiger partial charge on any atom is 0.229 e. The van der Waals surface area contributed by atoms with Gasteiger partial charge in [-0.25, -0.2) is 22.8 Å². The molecule has 0 aliphatic heterocycles. The average Bonchev–Trinajstić information content (AvgIpc) is 2.74. The van der Waals surface area contributed by atoms with Gasteiger partial charge < -0.3 is 5.32 Å². The SMILES string of the molecule is CCCN(C)C(C)(C)C#Cc1cc2ncnc(Nc3ccc(F)c(Cl)c3)c2cc1NS(C)(=O)=O. The van der Waals surface area contributed by atoms with Gasteiger partial charge in [-0.15, -0.1) is 0 Å². The van der Waals surface area contributed by atoms with Crippen LogP contribution in [0.4, 0.5) is 21.6 Å². The summed E-state index contributed by atoms with van der Waals surface area (Å²) in [4.78, 5) is 10.7. The van der Waals surface area contributed by atoms with Gasteiger partial charge in [0.05, 0.1) is 33.6 Å². The molecule has 1 aromatic heterocycles. The Bertz CT molecular complexity index is 1380. The molecule has 0 atom stereocenters. The summed E-state index contributed by atoms with van der Waals surface area (Å²) in [6.45, 7) is 7.00. The Morgan fingerprint density at radius 1 is 1.21 bits per heavy atom. The van der Waals surface area contributed by atoms with Crippen molar-refractivity contribution < 1.29 is 12.8 Å². The van der Waals surface area contributed by atoms with E-state index in [4.69, 9.17) is 11.6 Å². The van der Waals surface area contributed by atoms with E-state index in [1.807, 2.05) is 20.9 Å². The Hall–Kier alpha value is -2.93. The van der Waals surface area contributed by atoms with Gasteiger partial charge >= 0.3 is 0 Å². The molecule has 180 valence electrons. The maximum absolute atomic E-state index is 13.5. The Kier molecular flexibility index (Phi) is 7.66. The molecule has 7 nitrogen and oxygen atoms in total. The van der Waals surface area contributed by atoms with Gasteiger partial charge in [-0.05, 0) is 64.2 Å². The Morgan fingerprint density at radius 2 is 1.94 bits per heavy atom.